The number of hydrogen-bond acceptors (Lipinski definition) is 3. The molecular formula is C13H28N2O. The lowest BCUT2D eigenvalue weighted by Crippen LogP contribution is -2.57. The summed E-state index contributed by atoms with van der Waals surface area (Å²) < 4.78 is 5.28. The van der Waals surface area contributed by atoms with Gasteiger partial charge in [-0.15, -0.1) is 0 Å². The summed E-state index contributed by atoms with van der Waals surface area (Å²) >= 11 is 0. The van der Waals surface area contributed by atoms with Crippen molar-refractivity contribution in [1.82, 2.24) is 5.32 Å². The molecule has 3 N–H and O–H groups in total. The van der Waals surface area contributed by atoms with E-state index in [9.17, 15) is 0 Å². The Morgan fingerprint density at radius 2 is 2.06 bits per heavy atom. The average Bonchev–Trinajstić information content (AvgIpc) is 2.24. The molecule has 0 aliphatic heterocycles. The van der Waals surface area contributed by atoms with E-state index in [0.717, 1.165) is 13.1 Å². The third-order valence-electron chi connectivity index (χ3n) is 3.88. The highest BCUT2D eigenvalue weighted by atomic mass is 16.5. The number of nitrogens with one attached hydrogen (secondary N) is 1. The maximum atomic E-state index is 5.98. The highest BCUT2D eigenvalue weighted by molar-refractivity contribution is 4.97. The van der Waals surface area contributed by atoms with Crippen molar-refractivity contribution in [3.05, 3.63) is 0 Å². The molecule has 0 saturated heterocycles. The number of nitrogens with two attached hydrogens (primary N) is 1. The minimum atomic E-state index is 0.133. The monoisotopic (exact) mass is 228 g/mol. The van der Waals surface area contributed by atoms with Crippen molar-refractivity contribution in [3.8, 4) is 0 Å². The van der Waals surface area contributed by atoms with Crippen LogP contribution in [0.2, 0.25) is 0 Å². The maximum Gasteiger partial charge on any atom is 0.0667 e. The maximum absolute atomic E-state index is 5.98. The van der Waals surface area contributed by atoms with Crippen LogP contribution in [0.4, 0.5) is 0 Å². The van der Waals surface area contributed by atoms with Crippen molar-refractivity contribution in [1.29, 1.82) is 0 Å². The summed E-state index contributed by atoms with van der Waals surface area (Å²) in [6.07, 6.45) is 5.22. The van der Waals surface area contributed by atoms with Crippen LogP contribution in [-0.4, -0.2) is 31.8 Å². The number of rotatable bonds is 5. The molecule has 0 amide bonds. The van der Waals surface area contributed by atoms with Gasteiger partial charge in [-0.3, -0.25) is 0 Å². The summed E-state index contributed by atoms with van der Waals surface area (Å²) in [6, 6.07) is 0. The molecule has 0 spiro atoms. The van der Waals surface area contributed by atoms with Gasteiger partial charge >= 0.3 is 0 Å². The molecule has 1 rings (SSSR count). The van der Waals surface area contributed by atoms with Crippen LogP contribution in [0, 0.1) is 5.41 Å². The fourth-order valence-corrected chi connectivity index (χ4v) is 2.84. The lowest BCUT2D eigenvalue weighted by molar-refractivity contribution is 0.0803. The van der Waals surface area contributed by atoms with Crippen LogP contribution in [0.5, 0.6) is 0 Å². The van der Waals surface area contributed by atoms with Crippen LogP contribution in [0.3, 0.4) is 0 Å². The highest BCUT2D eigenvalue weighted by Gasteiger charge is 2.38. The predicted molar refractivity (Wildman–Crippen MR) is 68.5 cm³/mol. The van der Waals surface area contributed by atoms with Crippen LogP contribution in [-0.2, 0) is 4.74 Å². The van der Waals surface area contributed by atoms with E-state index in [0.29, 0.717) is 5.41 Å². The molecule has 2 atom stereocenters. The molecule has 0 aromatic rings. The third kappa shape index (κ3) is 3.72. The van der Waals surface area contributed by atoms with Crippen molar-refractivity contribution in [2.24, 2.45) is 11.1 Å². The zero-order chi connectivity index (χ0) is 12.2. The largest absolute Gasteiger partial charge is 0.380 e. The van der Waals surface area contributed by atoms with Crippen molar-refractivity contribution in [3.63, 3.8) is 0 Å². The molecular weight excluding hydrogens is 200 g/mol. The Labute approximate surface area is 100 Å². The Balaban J connectivity index is 2.55. The van der Waals surface area contributed by atoms with Crippen LogP contribution in [0.25, 0.3) is 0 Å². The molecule has 0 bridgehead atoms. The quantitative estimate of drug-likeness (QED) is 0.755. The summed E-state index contributed by atoms with van der Waals surface area (Å²) in [6.45, 7) is 8.40. The second-order valence-corrected chi connectivity index (χ2v) is 6.11. The highest BCUT2D eigenvalue weighted by Crippen LogP contribution is 2.40. The van der Waals surface area contributed by atoms with Crippen molar-refractivity contribution < 1.29 is 4.74 Å². The fraction of sp³-hybridized carbons (Fsp3) is 1.00. The lowest BCUT2D eigenvalue weighted by Gasteiger charge is -2.45. The van der Waals surface area contributed by atoms with Crippen LogP contribution >= 0.6 is 0 Å². The first-order valence-electron chi connectivity index (χ1n) is 6.41. The lowest BCUT2D eigenvalue weighted by atomic mass is 9.68. The van der Waals surface area contributed by atoms with Crippen LogP contribution in [0.15, 0.2) is 0 Å². The number of ether oxygens (including phenoxy) is 1. The van der Waals surface area contributed by atoms with Gasteiger partial charge in [0.1, 0.15) is 0 Å². The average molecular weight is 228 g/mol. The van der Waals surface area contributed by atoms with E-state index in [-0.39, 0.29) is 11.6 Å². The molecule has 1 aliphatic carbocycles. The minimum absolute atomic E-state index is 0.133. The van der Waals surface area contributed by atoms with Crippen LogP contribution in [0.1, 0.15) is 46.5 Å². The van der Waals surface area contributed by atoms with Gasteiger partial charge in [0.25, 0.3) is 0 Å². The predicted octanol–water partition coefficient (Wildman–Crippen LogP) is 1.91. The van der Waals surface area contributed by atoms with Gasteiger partial charge in [-0.2, -0.15) is 0 Å². The SMILES string of the molecule is COC(C)CNC1(CN)CCCC(C)(C)C1. The molecule has 2 unspecified atom stereocenters. The van der Waals surface area contributed by atoms with Crippen molar-refractivity contribution >= 4 is 0 Å². The summed E-state index contributed by atoms with van der Waals surface area (Å²) in [7, 11) is 1.76. The summed E-state index contributed by atoms with van der Waals surface area (Å²) in [4.78, 5) is 0. The minimum Gasteiger partial charge on any atom is -0.380 e. The zero-order valence-corrected chi connectivity index (χ0v) is 11.3. The van der Waals surface area contributed by atoms with Crippen molar-refractivity contribution in [2.45, 2.75) is 58.1 Å². The van der Waals surface area contributed by atoms with Gasteiger partial charge in [0, 0.05) is 25.7 Å². The Kier molecular flexibility index (Phi) is 4.77. The second kappa shape index (κ2) is 5.48. The van der Waals surface area contributed by atoms with Gasteiger partial charge in [-0.1, -0.05) is 20.3 Å². The van der Waals surface area contributed by atoms with E-state index >= 15 is 0 Å². The molecule has 0 aromatic heterocycles. The van der Waals surface area contributed by atoms with E-state index < -0.39 is 0 Å². The Morgan fingerprint density at radius 3 is 2.56 bits per heavy atom. The van der Waals surface area contributed by atoms with Gasteiger partial charge < -0.3 is 15.8 Å². The van der Waals surface area contributed by atoms with E-state index in [2.05, 4.69) is 26.1 Å². The summed E-state index contributed by atoms with van der Waals surface area (Å²) in [5, 5.41) is 3.64. The molecule has 1 aliphatic rings. The summed E-state index contributed by atoms with van der Waals surface area (Å²) in [5.41, 5.74) is 6.53. The molecule has 96 valence electrons. The molecule has 0 heterocycles. The first-order chi connectivity index (χ1) is 7.43. The van der Waals surface area contributed by atoms with E-state index in [1.54, 1.807) is 7.11 Å². The molecule has 16 heavy (non-hydrogen) atoms. The third-order valence-corrected chi connectivity index (χ3v) is 3.88. The van der Waals surface area contributed by atoms with E-state index in [4.69, 9.17) is 10.5 Å². The van der Waals surface area contributed by atoms with Gasteiger partial charge in [-0.25, -0.2) is 0 Å². The normalized spacial score (nSPS) is 31.3. The smallest absolute Gasteiger partial charge is 0.0667 e. The zero-order valence-electron chi connectivity index (χ0n) is 11.3. The van der Waals surface area contributed by atoms with E-state index in [1.807, 2.05) is 0 Å². The molecule has 0 radical (unpaired) electrons. The fourth-order valence-electron chi connectivity index (χ4n) is 2.84. The number of hydrogen-bond donors (Lipinski definition) is 2. The Bertz CT molecular complexity index is 218. The van der Waals surface area contributed by atoms with Gasteiger partial charge in [-0.05, 0) is 31.6 Å². The van der Waals surface area contributed by atoms with Gasteiger partial charge in [0.15, 0.2) is 0 Å². The molecule has 3 heteroatoms. The molecule has 3 nitrogen and oxygen atoms in total. The first kappa shape index (κ1) is 13.9. The molecule has 1 fully saturated rings. The molecule has 1 saturated carbocycles. The molecule has 0 aromatic carbocycles. The van der Waals surface area contributed by atoms with Crippen molar-refractivity contribution in [2.75, 3.05) is 20.2 Å². The second-order valence-electron chi connectivity index (χ2n) is 6.11. The van der Waals surface area contributed by atoms with E-state index in [1.165, 1.54) is 25.7 Å². The van der Waals surface area contributed by atoms with Gasteiger partial charge in [0.2, 0.25) is 0 Å². The Hall–Kier alpha value is -0.120. The number of methoxy groups -OCH3 is 1. The van der Waals surface area contributed by atoms with Crippen LogP contribution < -0.4 is 11.1 Å². The standard InChI is InChI=1S/C13H28N2O/c1-11(16-4)8-15-13(10-14)7-5-6-12(2,3)9-13/h11,15H,5-10,14H2,1-4H3. The topological polar surface area (TPSA) is 47.3 Å². The Morgan fingerprint density at radius 1 is 1.38 bits per heavy atom. The first-order valence-corrected chi connectivity index (χ1v) is 6.41. The van der Waals surface area contributed by atoms with Gasteiger partial charge in [0.05, 0.1) is 6.10 Å². The summed E-state index contributed by atoms with van der Waals surface area (Å²) in [5.74, 6) is 0.